The van der Waals surface area contributed by atoms with Crippen molar-refractivity contribution in [3.63, 3.8) is 0 Å². The normalized spacial score (nSPS) is 25.0. The van der Waals surface area contributed by atoms with Gasteiger partial charge in [-0.2, -0.15) is 0 Å². The van der Waals surface area contributed by atoms with E-state index in [2.05, 4.69) is 14.1 Å². The average molecular weight is 480 g/mol. The second kappa shape index (κ2) is 9.05. The zero-order valence-electron chi connectivity index (χ0n) is 17.8. The van der Waals surface area contributed by atoms with Gasteiger partial charge in [-0.3, -0.25) is 0 Å². The smallest absolute Gasteiger partial charge is 0.126 e. The Kier molecular flexibility index (Phi) is 7.05. The van der Waals surface area contributed by atoms with Crippen LogP contribution in [0.2, 0.25) is 0 Å². The second-order valence-corrected chi connectivity index (χ2v) is 9.82. The lowest BCUT2D eigenvalue weighted by atomic mass is 9.76. The highest BCUT2D eigenvalue weighted by Gasteiger charge is 2.50. The standard InChI is InChI=1S/C25H32F2NO.BrH/c1-28(2)21-11-12-22(28)14-18(13-21)15-25(29,16-19-7-3-5-9-23(19)26)17-20-8-4-6-10-24(20)27;/h3-10,18,21-22,29H,11-17H2,1-2H3;1H/q+1;/p-1/t21-,22-;/m0./s1. The quantitative estimate of drug-likeness (QED) is 0.627. The third-order valence-electron chi connectivity index (χ3n) is 7.55. The first kappa shape index (κ1) is 23.4. The molecule has 2 heterocycles. The van der Waals surface area contributed by atoms with Crippen molar-refractivity contribution < 1.29 is 35.4 Å². The number of hydrogen-bond donors (Lipinski definition) is 1. The molecule has 0 aromatic heterocycles. The Morgan fingerprint density at radius 3 is 1.73 bits per heavy atom. The van der Waals surface area contributed by atoms with Crippen LogP contribution < -0.4 is 17.0 Å². The average Bonchev–Trinajstić information content (AvgIpc) is 2.83. The lowest BCUT2D eigenvalue weighted by molar-refractivity contribution is -0.931. The van der Waals surface area contributed by atoms with Gasteiger partial charge in [-0.05, 0) is 35.6 Å². The molecule has 4 rings (SSSR count). The Morgan fingerprint density at radius 2 is 1.30 bits per heavy atom. The summed E-state index contributed by atoms with van der Waals surface area (Å²) < 4.78 is 29.8. The Morgan fingerprint density at radius 1 is 0.867 bits per heavy atom. The largest absolute Gasteiger partial charge is 1.00 e. The van der Waals surface area contributed by atoms with Gasteiger partial charge in [0.15, 0.2) is 0 Å². The summed E-state index contributed by atoms with van der Waals surface area (Å²) in [5.74, 6) is -0.218. The first-order valence-corrected chi connectivity index (χ1v) is 10.8. The lowest BCUT2D eigenvalue weighted by Gasteiger charge is -2.46. The van der Waals surface area contributed by atoms with Crippen LogP contribution in [0, 0.1) is 17.6 Å². The Labute approximate surface area is 189 Å². The molecule has 0 aliphatic carbocycles. The minimum atomic E-state index is -1.16. The van der Waals surface area contributed by atoms with Crippen LogP contribution in [0.25, 0.3) is 0 Å². The van der Waals surface area contributed by atoms with E-state index in [0.717, 1.165) is 17.3 Å². The maximum atomic E-state index is 14.4. The monoisotopic (exact) mass is 479 g/mol. The molecule has 164 valence electrons. The van der Waals surface area contributed by atoms with Crippen LogP contribution in [-0.4, -0.2) is 41.4 Å². The summed E-state index contributed by atoms with van der Waals surface area (Å²) in [6.45, 7) is 0. The Hall–Kier alpha value is -1.30. The summed E-state index contributed by atoms with van der Waals surface area (Å²) in [5, 5.41) is 11.7. The van der Waals surface area contributed by atoms with Crippen molar-refractivity contribution >= 4 is 0 Å². The number of nitrogens with zero attached hydrogens (tertiary/aromatic N) is 1. The Bertz CT molecular complexity index is 808. The van der Waals surface area contributed by atoms with Crippen LogP contribution in [0.15, 0.2) is 48.5 Å². The van der Waals surface area contributed by atoms with E-state index in [1.165, 1.54) is 25.0 Å². The van der Waals surface area contributed by atoms with Gasteiger partial charge >= 0.3 is 0 Å². The van der Waals surface area contributed by atoms with Crippen molar-refractivity contribution in [2.24, 2.45) is 5.92 Å². The summed E-state index contributed by atoms with van der Waals surface area (Å²) in [7, 11) is 4.65. The van der Waals surface area contributed by atoms with Crippen LogP contribution in [0.5, 0.6) is 0 Å². The SMILES string of the molecule is C[N+]1(C)[C@H]2CC[C@H]1CC(CC(O)(Cc1ccccc1F)Cc1ccccc1F)C2.[Br-]. The van der Waals surface area contributed by atoms with Gasteiger partial charge in [0.2, 0.25) is 0 Å². The van der Waals surface area contributed by atoms with E-state index < -0.39 is 5.60 Å². The molecule has 2 fully saturated rings. The van der Waals surface area contributed by atoms with Crippen molar-refractivity contribution in [3.8, 4) is 0 Å². The number of fused-ring (bicyclic) bond motifs is 2. The van der Waals surface area contributed by atoms with Gasteiger partial charge in [-0.15, -0.1) is 0 Å². The number of rotatable bonds is 6. The third-order valence-corrected chi connectivity index (χ3v) is 7.55. The predicted octanol–water partition coefficient (Wildman–Crippen LogP) is 1.89. The molecule has 30 heavy (non-hydrogen) atoms. The van der Waals surface area contributed by atoms with E-state index in [-0.39, 0.29) is 41.5 Å². The molecule has 2 bridgehead atoms. The van der Waals surface area contributed by atoms with Gasteiger partial charge in [-0.25, -0.2) is 8.78 Å². The van der Waals surface area contributed by atoms with E-state index in [1.54, 1.807) is 36.4 Å². The molecule has 1 N–H and O–H groups in total. The third kappa shape index (κ3) is 4.79. The molecule has 2 aliphatic heterocycles. The molecule has 2 aromatic carbocycles. The van der Waals surface area contributed by atoms with E-state index in [0.29, 0.717) is 35.5 Å². The molecule has 2 nitrogen and oxygen atoms in total. The zero-order valence-corrected chi connectivity index (χ0v) is 19.4. The van der Waals surface area contributed by atoms with Crippen LogP contribution in [0.4, 0.5) is 8.78 Å². The van der Waals surface area contributed by atoms with Gasteiger partial charge in [-0.1, -0.05) is 36.4 Å². The first-order chi connectivity index (χ1) is 13.8. The highest BCUT2D eigenvalue weighted by molar-refractivity contribution is 5.24. The van der Waals surface area contributed by atoms with Crippen molar-refractivity contribution in [2.45, 2.75) is 62.6 Å². The van der Waals surface area contributed by atoms with Gasteiger partial charge in [0.1, 0.15) is 11.6 Å². The lowest BCUT2D eigenvalue weighted by Crippen LogP contribution is -3.00. The van der Waals surface area contributed by atoms with Crippen molar-refractivity contribution in [2.75, 3.05) is 14.1 Å². The zero-order chi connectivity index (χ0) is 20.6. The summed E-state index contributed by atoms with van der Waals surface area (Å²) >= 11 is 0. The van der Waals surface area contributed by atoms with E-state index >= 15 is 0 Å². The minimum absolute atomic E-state index is 0. The van der Waals surface area contributed by atoms with E-state index in [1.807, 2.05) is 0 Å². The maximum absolute atomic E-state index is 14.4. The van der Waals surface area contributed by atoms with E-state index in [9.17, 15) is 13.9 Å². The summed E-state index contributed by atoms with van der Waals surface area (Å²) in [4.78, 5) is 0. The van der Waals surface area contributed by atoms with Crippen molar-refractivity contribution in [3.05, 3.63) is 71.3 Å². The molecule has 2 atom stereocenters. The molecule has 2 aliphatic rings. The Balaban J connectivity index is 0.00000256. The van der Waals surface area contributed by atoms with Crippen LogP contribution >= 0.6 is 0 Å². The first-order valence-electron chi connectivity index (χ1n) is 10.8. The van der Waals surface area contributed by atoms with Crippen LogP contribution in [0.3, 0.4) is 0 Å². The fourth-order valence-electron chi connectivity index (χ4n) is 5.90. The fourth-order valence-corrected chi connectivity index (χ4v) is 5.90. The molecule has 2 saturated heterocycles. The minimum Gasteiger partial charge on any atom is -1.00 e. The molecule has 0 radical (unpaired) electrons. The van der Waals surface area contributed by atoms with Crippen LogP contribution in [0.1, 0.15) is 43.2 Å². The van der Waals surface area contributed by atoms with Gasteiger partial charge in [0.25, 0.3) is 0 Å². The molecule has 0 unspecified atom stereocenters. The number of aliphatic hydroxyl groups is 1. The van der Waals surface area contributed by atoms with Crippen molar-refractivity contribution in [1.82, 2.24) is 0 Å². The summed E-state index contributed by atoms with van der Waals surface area (Å²) in [5.41, 5.74) is -0.161. The molecule has 0 spiro atoms. The number of piperidine rings is 1. The number of halogens is 3. The molecular formula is C25H32BrF2NO. The highest BCUT2D eigenvalue weighted by atomic mass is 79.9. The number of benzene rings is 2. The molecular weight excluding hydrogens is 448 g/mol. The highest BCUT2D eigenvalue weighted by Crippen LogP contribution is 2.45. The predicted molar refractivity (Wildman–Crippen MR) is 111 cm³/mol. The fraction of sp³-hybridized carbons (Fsp3) is 0.520. The summed E-state index contributed by atoms with van der Waals surface area (Å²) in [6.07, 6.45) is 5.65. The van der Waals surface area contributed by atoms with Gasteiger partial charge in [0, 0.05) is 38.5 Å². The second-order valence-electron chi connectivity index (χ2n) is 9.82. The van der Waals surface area contributed by atoms with Gasteiger partial charge in [0.05, 0.1) is 31.8 Å². The van der Waals surface area contributed by atoms with E-state index in [4.69, 9.17) is 0 Å². The maximum Gasteiger partial charge on any atom is 0.126 e. The van der Waals surface area contributed by atoms with Gasteiger partial charge < -0.3 is 26.6 Å². The topological polar surface area (TPSA) is 20.2 Å². The molecule has 0 saturated carbocycles. The molecule has 2 aromatic rings. The molecule has 0 amide bonds. The summed E-state index contributed by atoms with van der Waals surface area (Å²) in [6, 6.07) is 14.5. The molecule has 5 heteroatoms. The number of hydrogen-bond acceptors (Lipinski definition) is 1. The van der Waals surface area contributed by atoms with Crippen molar-refractivity contribution in [1.29, 1.82) is 0 Å². The number of quaternary nitrogens is 1. The van der Waals surface area contributed by atoms with Crippen LogP contribution in [-0.2, 0) is 12.8 Å².